The Morgan fingerprint density at radius 1 is 0.794 bits per heavy atom. The molecule has 2 unspecified atom stereocenters. The maximum absolute atomic E-state index is 14.1. The normalized spacial score (nSPS) is 12.9. The lowest BCUT2D eigenvalue weighted by Gasteiger charge is -2.22. The Bertz CT molecular complexity index is 1150. The van der Waals surface area contributed by atoms with E-state index in [0.717, 1.165) is 52.4 Å². The molecule has 2 atom stereocenters. The molecule has 0 aliphatic heterocycles. The van der Waals surface area contributed by atoms with Crippen LogP contribution < -0.4 is 5.30 Å². The standard InChI is InChI=1S/C30H34BO2P/c1-7-12-23-15-19(3)27(20(4)16-23)29(32)34(25-13-10-9-11-14-25)30(33)28-21(5)17-24(18-22(28)6)26(31)8-2/h9-11,13-18,26H,7-8,12H2,1-6H3. The molecule has 3 aromatic rings. The topological polar surface area (TPSA) is 34.1 Å². The molecular formula is C30H34BO2P. The van der Waals surface area contributed by atoms with E-state index in [2.05, 4.69) is 26.0 Å². The molecule has 0 saturated carbocycles. The molecule has 0 heterocycles. The number of benzene rings is 3. The SMILES string of the molecule is [B]C(CC)c1cc(C)c(C(=O)P(C(=O)c2c(C)cc(CCC)cc2C)c2ccccc2)c(C)c1. The van der Waals surface area contributed by atoms with E-state index in [4.69, 9.17) is 7.85 Å². The van der Waals surface area contributed by atoms with Crippen molar-refractivity contribution < 1.29 is 9.59 Å². The van der Waals surface area contributed by atoms with Crippen LogP contribution in [0.3, 0.4) is 0 Å². The van der Waals surface area contributed by atoms with Gasteiger partial charge in [0.15, 0.2) is 11.0 Å². The zero-order valence-electron chi connectivity index (χ0n) is 21.2. The maximum Gasteiger partial charge on any atom is 0.197 e. The highest BCUT2D eigenvalue weighted by Crippen LogP contribution is 2.45. The van der Waals surface area contributed by atoms with Gasteiger partial charge in [-0.1, -0.05) is 92.7 Å². The minimum Gasteiger partial charge on any atom is -0.288 e. The van der Waals surface area contributed by atoms with E-state index in [1.807, 2.05) is 70.2 Å². The first-order chi connectivity index (χ1) is 16.2. The van der Waals surface area contributed by atoms with Crippen LogP contribution in [-0.4, -0.2) is 18.9 Å². The van der Waals surface area contributed by atoms with Gasteiger partial charge in [-0.05, 0) is 67.2 Å². The van der Waals surface area contributed by atoms with Crippen LogP contribution in [0.25, 0.3) is 0 Å². The summed E-state index contributed by atoms with van der Waals surface area (Å²) in [6.07, 6.45) is 2.86. The predicted octanol–water partition coefficient (Wildman–Crippen LogP) is 7.28. The number of carbonyl (C=O) groups excluding carboxylic acids is 2. The summed E-state index contributed by atoms with van der Waals surface area (Å²) in [5, 5.41) is 0.789. The second-order valence-electron chi connectivity index (χ2n) is 9.18. The summed E-state index contributed by atoms with van der Waals surface area (Å²) in [6, 6.07) is 17.7. The number of hydrogen-bond acceptors (Lipinski definition) is 2. The first-order valence-corrected chi connectivity index (χ1v) is 13.4. The van der Waals surface area contributed by atoms with Crippen molar-refractivity contribution in [1.29, 1.82) is 0 Å². The van der Waals surface area contributed by atoms with Gasteiger partial charge >= 0.3 is 0 Å². The summed E-state index contributed by atoms with van der Waals surface area (Å²) < 4.78 is 0. The molecule has 0 spiro atoms. The summed E-state index contributed by atoms with van der Waals surface area (Å²) in [5.41, 5.74) is 7.09. The average molecular weight is 468 g/mol. The summed E-state index contributed by atoms with van der Waals surface area (Å²) in [4.78, 5) is 28.2. The molecule has 3 rings (SSSR count). The monoisotopic (exact) mass is 468 g/mol. The van der Waals surface area contributed by atoms with Crippen LogP contribution >= 0.6 is 7.92 Å². The van der Waals surface area contributed by atoms with E-state index < -0.39 is 7.92 Å². The van der Waals surface area contributed by atoms with Gasteiger partial charge in [-0.3, -0.25) is 9.59 Å². The Balaban J connectivity index is 2.14. The van der Waals surface area contributed by atoms with E-state index in [1.165, 1.54) is 5.56 Å². The lowest BCUT2D eigenvalue weighted by Crippen LogP contribution is -2.19. The second-order valence-corrected chi connectivity index (χ2v) is 11.2. The zero-order valence-corrected chi connectivity index (χ0v) is 22.1. The van der Waals surface area contributed by atoms with Crippen LogP contribution in [0, 0.1) is 27.7 Å². The lowest BCUT2D eigenvalue weighted by molar-refractivity contribution is 0.105. The highest BCUT2D eigenvalue weighted by molar-refractivity contribution is 7.96. The van der Waals surface area contributed by atoms with Crippen LogP contribution in [-0.2, 0) is 6.42 Å². The van der Waals surface area contributed by atoms with E-state index in [9.17, 15) is 9.59 Å². The summed E-state index contributed by atoms with van der Waals surface area (Å²) in [5.74, 6) is -0.0641. The van der Waals surface area contributed by atoms with Crippen molar-refractivity contribution in [3.63, 3.8) is 0 Å². The maximum atomic E-state index is 14.1. The zero-order chi connectivity index (χ0) is 25.0. The Morgan fingerprint density at radius 3 is 1.71 bits per heavy atom. The highest BCUT2D eigenvalue weighted by atomic mass is 31.1. The third-order valence-electron chi connectivity index (χ3n) is 6.40. The van der Waals surface area contributed by atoms with E-state index in [1.54, 1.807) is 0 Å². The minimum atomic E-state index is -1.75. The van der Waals surface area contributed by atoms with Crippen LogP contribution in [0.5, 0.6) is 0 Å². The fourth-order valence-electron chi connectivity index (χ4n) is 4.74. The number of hydrogen-bond donors (Lipinski definition) is 0. The molecule has 4 heteroatoms. The van der Waals surface area contributed by atoms with Crippen LogP contribution in [0.2, 0.25) is 0 Å². The molecule has 174 valence electrons. The number of carbonyl (C=O) groups is 2. The molecule has 0 fully saturated rings. The lowest BCUT2D eigenvalue weighted by atomic mass is 9.78. The summed E-state index contributed by atoms with van der Waals surface area (Å²) >= 11 is 0. The summed E-state index contributed by atoms with van der Waals surface area (Å²) in [7, 11) is 4.51. The van der Waals surface area contributed by atoms with Gasteiger partial charge in [-0.2, -0.15) is 0 Å². The Kier molecular flexibility index (Phi) is 8.66. The van der Waals surface area contributed by atoms with Gasteiger partial charge in [-0.25, -0.2) is 0 Å². The Morgan fingerprint density at radius 2 is 1.26 bits per heavy atom. The third kappa shape index (κ3) is 5.42. The smallest absolute Gasteiger partial charge is 0.197 e. The van der Waals surface area contributed by atoms with Gasteiger partial charge in [0.1, 0.15) is 0 Å². The molecule has 0 aromatic heterocycles. The van der Waals surface area contributed by atoms with E-state index in [-0.39, 0.29) is 16.9 Å². The fraction of sp³-hybridized carbons (Fsp3) is 0.333. The van der Waals surface area contributed by atoms with Gasteiger partial charge in [-0.15, -0.1) is 0 Å². The molecule has 2 nitrogen and oxygen atoms in total. The number of rotatable bonds is 9. The molecule has 0 aliphatic carbocycles. The van der Waals surface area contributed by atoms with Crippen LogP contribution in [0.1, 0.15) is 86.6 Å². The molecule has 0 bridgehead atoms. The predicted molar refractivity (Wildman–Crippen MR) is 146 cm³/mol. The van der Waals surface area contributed by atoms with Gasteiger partial charge < -0.3 is 0 Å². The Hall–Kier alpha value is -2.51. The highest BCUT2D eigenvalue weighted by Gasteiger charge is 2.33. The van der Waals surface area contributed by atoms with Gasteiger partial charge in [0, 0.05) is 11.1 Å². The van der Waals surface area contributed by atoms with Crippen LogP contribution in [0.4, 0.5) is 0 Å². The largest absolute Gasteiger partial charge is 0.288 e. The van der Waals surface area contributed by atoms with Gasteiger partial charge in [0.25, 0.3) is 0 Å². The molecule has 3 aromatic carbocycles. The first-order valence-electron chi connectivity index (χ1n) is 12.1. The molecule has 2 radical (unpaired) electrons. The van der Waals surface area contributed by atoms with Crippen molar-refractivity contribution in [2.24, 2.45) is 0 Å². The molecule has 0 saturated heterocycles. The summed E-state index contributed by atoms with van der Waals surface area (Å²) in [6.45, 7) is 12.1. The third-order valence-corrected chi connectivity index (χ3v) is 8.48. The van der Waals surface area contributed by atoms with Gasteiger partial charge in [0.2, 0.25) is 0 Å². The van der Waals surface area contributed by atoms with Crippen molar-refractivity contribution in [2.75, 3.05) is 0 Å². The fourth-order valence-corrected chi connectivity index (χ4v) is 7.01. The van der Waals surface area contributed by atoms with Crippen molar-refractivity contribution in [3.05, 3.63) is 99.1 Å². The molecule has 0 N–H and O–H groups in total. The van der Waals surface area contributed by atoms with Crippen molar-refractivity contribution in [1.82, 2.24) is 0 Å². The van der Waals surface area contributed by atoms with E-state index in [0.29, 0.717) is 11.1 Å². The minimum absolute atomic E-state index is 0.0641. The van der Waals surface area contributed by atoms with Crippen molar-refractivity contribution >= 4 is 32.1 Å². The van der Waals surface area contributed by atoms with Crippen molar-refractivity contribution in [3.8, 4) is 0 Å². The number of aryl methyl sites for hydroxylation is 5. The average Bonchev–Trinajstić information content (AvgIpc) is 2.78. The molecule has 0 amide bonds. The van der Waals surface area contributed by atoms with Gasteiger partial charge in [0.05, 0.1) is 15.8 Å². The van der Waals surface area contributed by atoms with E-state index >= 15 is 0 Å². The molecule has 34 heavy (non-hydrogen) atoms. The van der Waals surface area contributed by atoms with Crippen molar-refractivity contribution in [2.45, 2.75) is 66.6 Å². The first kappa shape index (κ1) is 26.1. The second kappa shape index (κ2) is 11.3. The Labute approximate surface area is 207 Å². The quantitative estimate of drug-likeness (QED) is 0.244. The van der Waals surface area contributed by atoms with Crippen LogP contribution in [0.15, 0.2) is 54.6 Å². The molecular weight excluding hydrogens is 434 g/mol. The molecule has 0 aliphatic rings.